The van der Waals surface area contributed by atoms with E-state index in [0.29, 0.717) is 24.5 Å². The molecule has 1 aliphatic carbocycles. The van der Waals surface area contributed by atoms with Gasteiger partial charge in [-0.3, -0.25) is 4.68 Å². The fraction of sp³-hybridized carbons (Fsp3) is 0.471. The molecular weight excluding hydrogens is 330 g/mol. The highest BCUT2D eigenvalue weighted by Crippen LogP contribution is 2.37. The third-order valence-electron chi connectivity index (χ3n) is 4.71. The number of aromatic nitrogens is 7. The molecule has 3 aromatic heterocycles. The summed E-state index contributed by atoms with van der Waals surface area (Å²) >= 11 is 0. The SMILES string of the molecule is CCNc1ccnc(NC2CC(c3nnc(Cn4cccn4)n3C)C2)n1. The normalized spacial score (nSPS) is 19.2. The Labute approximate surface area is 151 Å². The lowest BCUT2D eigenvalue weighted by molar-refractivity contribution is 0.350. The summed E-state index contributed by atoms with van der Waals surface area (Å²) in [7, 11) is 2.03. The number of hydrogen-bond donors (Lipinski definition) is 2. The Morgan fingerprint density at radius 3 is 2.88 bits per heavy atom. The monoisotopic (exact) mass is 353 g/mol. The van der Waals surface area contributed by atoms with Gasteiger partial charge in [-0.15, -0.1) is 10.2 Å². The van der Waals surface area contributed by atoms with Crippen LogP contribution in [-0.4, -0.2) is 47.1 Å². The van der Waals surface area contributed by atoms with E-state index < -0.39 is 0 Å². The first-order chi connectivity index (χ1) is 12.7. The second-order valence-electron chi connectivity index (χ2n) is 6.54. The van der Waals surface area contributed by atoms with Crippen LogP contribution in [0, 0.1) is 0 Å². The van der Waals surface area contributed by atoms with Gasteiger partial charge < -0.3 is 15.2 Å². The number of nitrogens with one attached hydrogen (secondary N) is 2. The summed E-state index contributed by atoms with van der Waals surface area (Å²) in [6, 6.07) is 4.15. The maximum Gasteiger partial charge on any atom is 0.224 e. The van der Waals surface area contributed by atoms with Gasteiger partial charge in [-0.2, -0.15) is 10.1 Å². The van der Waals surface area contributed by atoms with Crippen LogP contribution in [0.5, 0.6) is 0 Å². The van der Waals surface area contributed by atoms with E-state index in [9.17, 15) is 0 Å². The minimum Gasteiger partial charge on any atom is -0.370 e. The van der Waals surface area contributed by atoms with E-state index >= 15 is 0 Å². The topological polar surface area (TPSA) is 98.4 Å². The lowest BCUT2D eigenvalue weighted by Crippen LogP contribution is -2.36. The largest absolute Gasteiger partial charge is 0.370 e. The van der Waals surface area contributed by atoms with Gasteiger partial charge in [0.05, 0.1) is 0 Å². The van der Waals surface area contributed by atoms with Gasteiger partial charge in [-0.05, 0) is 31.9 Å². The van der Waals surface area contributed by atoms with Crippen molar-refractivity contribution in [2.45, 2.75) is 38.3 Å². The number of hydrogen-bond acceptors (Lipinski definition) is 7. The molecule has 26 heavy (non-hydrogen) atoms. The number of nitrogens with zero attached hydrogens (tertiary/aromatic N) is 7. The van der Waals surface area contributed by atoms with Gasteiger partial charge in [0, 0.05) is 44.1 Å². The van der Waals surface area contributed by atoms with Crippen molar-refractivity contribution in [3.05, 3.63) is 42.4 Å². The fourth-order valence-electron chi connectivity index (χ4n) is 3.24. The van der Waals surface area contributed by atoms with Gasteiger partial charge >= 0.3 is 0 Å². The highest BCUT2D eigenvalue weighted by atomic mass is 15.3. The van der Waals surface area contributed by atoms with Crippen molar-refractivity contribution >= 4 is 11.8 Å². The quantitative estimate of drug-likeness (QED) is 0.666. The first-order valence-corrected chi connectivity index (χ1v) is 8.92. The molecule has 9 nitrogen and oxygen atoms in total. The maximum atomic E-state index is 4.47. The van der Waals surface area contributed by atoms with Crippen LogP contribution in [0.4, 0.5) is 11.8 Å². The Morgan fingerprint density at radius 1 is 1.23 bits per heavy atom. The molecule has 4 rings (SSSR count). The summed E-state index contributed by atoms with van der Waals surface area (Å²) in [5, 5.41) is 19.6. The van der Waals surface area contributed by atoms with E-state index in [1.54, 1.807) is 12.4 Å². The van der Waals surface area contributed by atoms with Crippen molar-refractivity contribution in [2.75, 3.05) is 17.2 Å². The second-order valence-corrected chi connectivity index (χ2v) is 6.54. The highest BCUT2D eigenvalue weighted by molar-refractivity contribution is 5.40. The third-order valence-corrected chi connectivity index (χ3v) is 4.71. The van der Waals surface area contributed by atoms with Crippen molar-refractivity contribution in [2.24, 2.45) is 7.05 Å². The van der Waals surface area contributed by atoms with E-state index in [1.165, 1.54) is 0 Å². The molecule has 0 aliphatic heterocycles. The average molecular weight is 353 g/mol. The number of anilines is 2. The molecule has 0 amide bonds. The van der Waals surface area contributed by atoms with Crippen LogP contribution < -0.4 is 10.6 Å². The number of rotatable bonds is 7. The fourth-order valence-corrected chi connectivity index (χ4v) is 3.24. The Morgan fingerprint density at radius 2 is 2.12 bits per heavy atom. The lowest BCUT2D eigenvalue weighted by Gasteiger charge is -2.35. The van der Waals surface area contributed by atoms with Crippen LogP contribution in [-0.2, 0) is 13.6 Å². The smallest absolute Gasteiger partial charge is 0.224 e. The highest BCUT2D eigenvalue weighted by Gasteiger charge is 2.34. The summed E-state index contributed by atoms with van der Waals surface area (Å²) < 4.78 is 3.94. The van der Waals surface area contributed by atoms with Gasteiger partial charge in [-0.25, -0.2) is 4.98 Å². The Kier molecular flexibility index (Phi) is 4.51. The summed E-state index contributed by atoms with van der Waals surface area (Å²) in [4.78, 5) is 8.77. The van der Waals surface area contributed by atoms with Crippen LogP contribution in [0.15, 0.2) is 30.7 Å². The first-order valence-electron chi connectivity index (χ1n) is 8.92. The third kappa shape index (κ3) is 3.37. The van der Waals surface area contributed by atoms with Crippen molar-refractivity contribution in [1.29, 1.82) is 0 Å². The second kappa shape index (κ2) is 7.11. The molecular formula is C17H23N9. The molecule has 136 valence electrons. The van der Waals surface area contributed by atoms with E-state index in [1.807, 2.05) is 37.0 Å². The Balaban J connectivity index is 1.35. The Hall–Kier alpha value is -2.97. The maximum absolute atomic E-state index is 4.47. The molecule has 9 heteroatoms. The minimum absolute atomic E-state index is 0.364. The average Bonchev–Trinajstić information content (AvgIpc) is 3.23. The predicted octanol–water partition coefficient (Wildman–Crippen LogP) is 1.64. The lowest BCUT2D eigenvalue weighted by atomic mass is 9.79. The van der Waals surface area contributed by atoms with Crippen molar-refractivity contribution in [3.8, 4) is 0 Å². The summed E-state index contributed by atoms with van der Waals surface area (Å²) in [5.74, 6) is 3.88. The summed E-state index contributed by atoms with van der Waals surface area (Å²) in [6.07, 6.45) is 7.48. The van der Waals surface area contributed by atoms with Gasteiger partial charge in [0.15, 0.2) is 5.82 Å². The molecule has 1 fully saturated rings. The van der Waals surface area contributed by atoms with Crippen LogP contribution in [0.25, 0.3) is 0 Å². The molecule has 0 aromatic carbocycles. The zero-order chi connectivity index (χ0) is 17.9. The van der Waals surface area contributed by atoms with E-state index in [0.717, 1.165) is 36.9 Å². The molecule has 1 saturated carbocycles. The molecule has 0 unspecified atom stereocenters. The van der Waals surface area contributed by atoms with Gasteiger partial charge in [0.25, 0.3) is 0 Å². The molecule has 0 bridgehead atoms. The van der Waals surface area contributed by atoms with Crippen LogP contribution in [0.3, 0.4) is 0 Å². The van der Waals surface area contributed by atoms with Gasteiger partial charge in [0.1, 0.15) is 18.2 Å². The molecule has 0 radical (unpaired) electrons. The molecule has 0 atom stereocenters. The summed E-state index contributed by atoms with van der Waals surface area (Å²) in [5.41, 5.74) is 0. The van der Waals surface area contributed by atoms with Gasteiger partial charge in [0.2, 0.25) is 5.95 Å². The standard InChI is InChI=1S/C17H23N9/c1-3-18-14-5-7-19-17(22-14)21-13-9-12(10-13)16-24-23-15(25(16)2)11-26-8-4-6-20-26/h4-8,12-13H,3,9-11H2,1-2H3,(H2,18,19,21,22). The molecule has 2 N–H and O–H groups in total. The Bertz CT molecular complexity index is 849. The van der Waals surface area contributed by atoms with E-state index in [2.05, 4.69) is 40.5 Å². The van der Waals surface area contributed by atoms with Crippen molar-refractivity contribution < 1.29 is 0 Å². The van der Waals surface area contributed by atoms with E-state index in [-0.39, 0.29) is 0 Å². The van der Waals surface area contributed by atoms with Crippen molar-refractivity contribution in [3.63, 3.8) is 0 Å². The zero-order valence-electron chi connectivity index (χ0n) is 15.0. The van der Waals surface area contributed by atoms with Crippen LogP contribution >= 0.6 is 0 Å². The van der Waals surface area contributed by atoms with Crippen LogP contribution in [0.1, 0.15) is 37.3 Å². The molecule has 0 spiro atoms. The first kappa shape index (κ1) is 16.5. The van der Waals surface area contributed by atoms with Gasteiger partial charge in [-0.1, -0.05) is 0 Å². The summed E-state index contributed by atoms with van der Waals surface area (Å²) in [6.45, 7) is 3.53. The molecule has 3 heterocycles. The zero-order valence-corrected chi connectivity index (χ0v) is 15.0. The van der Waals surface area contributed by atoms with Crippen molar-refractivity contribution in [1.82, 2.24) is 34.5 Å². The molecule has 3 aromatic rings. The molecule has 1 aliphatic rings. The predicted molar refractivity (Wildman–Crippen MR) is 97.9 cm³/mol. The minimum atomic E-state index is 0.364. The van der Waals surface area contributed by atoms with E-state index in [4.69, 9.17) is 0 Å². The van der Waals surface area contributed by atoms with Crippen LogP contribution in [0.2, 0.25) is 0 Å². The molecule has 0 saturated heterocycles.